The predicted molar refractivity (Wildman–Crippen MR) is 317 cm³/mol. The van der Waals surface area contributed by atoms with Crippen molar-refractivity contribution >= 4 is 134 Å². The highest BCUT2D eigenvalue weighted by atomic mass is 35.5. The van der Waals surface area contributed by atoms with Gasteiger partial charge in [-0.15, -0.1) is 71.0 Å². The number of thiazole rings is 3. The Balaban J connectivity index is 0.000000181. The second-order valence-electron chi connectivity index (χ2n) is 17.9. The lowest BCUT2D eigenvalue weighted by Gasteiger charge is -2.37. The van der Waals surface area contributed by atoms with Gasteiger partial charge in [-0.1, -0.05) is 34.8 Å². The summed E-state index contributed by atoms with van der Waals surface area (Å²) in [7, 11) is -11.9. The summed E-state index contributed by atoms with van der Waals surface area (Å²) in [5, 5.41) is 14.2. The first-order chi connectivity index (χ1) is 39.9. The molecule has 0 radical (unpaired) electrons. The number of rotatable bonds is 15. The molecule has 3 aromatic carbocycles. The van der Waals surface area contributed by atoms with Gasteiger partial charge < -0.3 is 16.0 Å². The third-order valence-corrected chi connectivity index (χ3v) is 20.8. The summed E-state index contributed by atoms with van der Waals surface area (Å²) in [4.78, 5) is 51.1. The SMILES string of the molecule is C#CCCN1C(C(=O)Nc2ccc(F)c(Cl)c2)CC(c2nccs2)NS1(=O)=O.C#CCCN1[C@@H](C(=O)Nc2ccc(F)c(Cl)c2)C[C@@H](c2nccs2)NS1(=O)=O.C#CCCN1[C@H](C(=O)Nc2ccc(F)c(Cl)c2)C[C@H](c2nccs2)NS1(=O)=O. The number of carbonyl (C=O) groups excluding carboxylic acids is 3. The van der Waals surface area contributed by atoms with Crippen molar-refractivity contribution in [3.8, 4) is 37.0 Å². The normalized spacial score (nSPS) is 21.8. The Bertz CT molecular complexity index is 3410. The van der Waals surface area contributed by atoms with Crippen LogP contribution in [0.4, 0.5) is 30.2 Å². The zero-order valence-corrected chi connectivity index (χ0v) is 50.5. The number of hydrogen-bond acceptors (Lipinski definition) is 15. The minimum Gasteiger partial charge on any atom is -0.325 e. The molecule has 3 aliphatic rings. The summed E-state index contributed by atoms with van der Waals surface area (Å²) < 4.78 is 127. The highest BCUT2D eigenvalue weighted by molar-refractivity contribution is 7.87. The van der Waals surface area contributed by atoms with Crippen LogP contribution in [0, 0.1) is 54.5 Å². The second kappa shape index (κ2) is 29.3. The molecular weight excluding hydrogens is 1280 g/mol. The van der Waals surface area contributed by atoms with Crippen LogP contribution in [-0.2, 0) is 45.0 Å². The Hall–Kier alpha value is -6.09. The molecule has 0 saturated carbocycles. The van der Waals surface area contributed by atoms with E-state index in [1.807, 2.05) is 0 Å². The molecule has 2 unspecified atom stereocenters. The van der Waals surface area contributed by atoms with Crippen molar-refractivity contribution in [2.24, 2.45) is 0 Å². The molecule has 6 aromatic rings. The van der Waals surface area contributed by atoms with Gasteiger partial charge in [0.2, 0.25) is 17.7 Å². The molecule has 33 heteroatoms. The van der Waals surface area contributed by atoms with Crippen LogP contribution < -0.4 is 30.1 Å². The van der Waals surface area contributed by atoms with Crippen LogP contribution in [0.2, 0.25) is 15.1 Å². The molecule has 3 amide bonds. The van der Waals surface area contributed by atoms with E-state index in [-0.39, 0.29) is 90.3 Å². The number of anilines is 3. The first-order valence-corrected chi connectivity index (χ1v) is 32.7. The Kier molecular flexibility index (Phi) is 22.9. The van der Waals surface area contributed by atoms with E-state index in [1.54, 1.807) is 34.7 Å². The van der Waals surface area contributed by atoms with Crippen molar-refractivity contribution in [2.75, 3.05) is 35.6 Å². The minimum atomic E-state index is -3.96. The fourth-order valence-electron chi connectivity index (χ4n) is 8.55. The number of amides is 3. The smallest absolute Gasteiger partial charge is 0.280 e. The maximum atomic E-state index is 13.3. The lowest BCUT2D eigenvalue weighted by Crippen LogP contribution is -2.57. The van der Waals surface area contributed by atoms with Crippen LogP contribution in [-0.4, -0.2) is 109 Å². The molecule has 3 aliphatic heterocycles. The van der Waals surface area contributed by atoms with Gasteiger partial charge >= 0.3 is 0 Å². The van der Waals surface area contributed by atoms with Crippen LogP contribution in [0.3, 0.4) is 0 Å². The van der Waals surface area contributed by atoms with E-state index in [0.29, 0.717) is 15.0 Å². The summed E-state index contributed by atoms with van der Waals surface area (Å²) in [6, 6.07) is 6.20. The molecule has 0 spiro atoms. The van der Waals surface area contributed by atoms with E-state index in [2.05, 4.69) is 62.8 Å². The van der Waals surface area contributed by atoms with Crippen molar-refractivity contribution in [1.29, 1.82) is 0 Å². The fourth-order valence-corrected chi connectivity index (χ4v) is 16.1. The highest BCUT2D eigenvalue weighted by Gasteiger charge is 2.46. The lowest BCUT2D eigenvalue weighted by molar-refractivity contribution is -0.121. The summed E-state index contributed by atoms with van der Waals surface area (Å²) in [6.45, 7) is -0.0456. The number of terminal acetylenes is 3. The summed E-state index contributed by atoms with van der Waals surface area (Å²) in [6.07, 6.45) is 21.4. The fraction of sp³-hybridized carbons (Fsp3) is 0.294. The Morgan fingerprint density at radius 2 is 0.774 bits per heavy atom. The highest BCUT2D eigenvalue weighted by Crippen LogP contribution is 2.34. The molecule has 6 heterocycles. The lowest BCUT2D eigenvalue weighted by atomic mass is 10.1. The third kappa shape index (κ3) is 16.9. The molecule has 444 valence electrons. The van der Waals surface area contributed by atoms with E-state index < -0.39 is 102 Å². The number of benzene rings is 3. The number of nitrogens with zero attached hydrogens (tertiary/aromatic N) is 6. The van der Waals surface area contributed by atoms with E-state index in [4.69, 9.17) is 54.1 Å². The minimum absolute atomic E-state index is 0.0152. The molecule has 21 nitrogen and oxygen atoms in total. The van der Waals surface area contributed by atoms with Gasteiger partial charge in [0.05, 0.1) is 33.2 Å². The van der Waals surface area contributed by atoms with Crippen LogP contribution in [0.15, 0.2) is 89.3 Å². The van der Waals surface area contributed by atoms with Crippen LogP contribution in [0.25, 0.3) is 0 Å². The monoisotopic (exact) mass is 1330 g/mol. The third-order valence-electron chi connectivity index (χ3n) is 12.4. The number of halogens is 6. The molecule has 6 N–H and O–H groups in total. The van der Waals surface area contributed by atoms with Crippen LogP contribution in [0.5, 0.6) is 0 Å². The van der Waals surface area contributed by atoms with Gasteiger partial charge in [0, 0.05) is 90.7 Å². The first kappa shape index (κ1) is 65.5. The van der Waals surface area contributed by atoms with Gasteiger partial charge in [-0.3, -0.25) is 14.4 Å². The van der Waals surface area contributed by atoms with Crippen molar-refractivity contribution in [2.45, 2.75) is 74.8 Å². The topological polar surface area (TPSA) is 274 Å². The van der Waals surface area contributed by atoms with Crippen LogP contribution >= 0.6 is 68.8 Å². The van der Waals surface area contributed by atoms with E-state index >= 15 is 0 Å². The van der Waals surface area contributed by atoms with Gasteiger partial charge in [-0.2, -0.15) is 52.3 Å². The number of hydrogen-bond donors (Lipinski definition) is 6. The maximum absolute atomic E-state index is 13.3. The molecule has 9 rings (SSSR count). The van der Waals surface area contributed by atoms with Crippen molar-refractivity contribution in [3.63, 3.8) is 0 Å². The maximum Gasteiger partial charge on any atom is 0.280 e. The molecule has 0 aliphatic carbocycles. The van der Waals surface area contributed by atoms with Crippen molar-refractivity contribution < 1.29 is 52.8 Å². The second-order valence-corrected chi connectivity index (χ2v) is 26.9. The Morgan fingerprint density at radius 1 is 0.512 bits per heavy atom. The van der Waals surface area contributed by atoms with Crippen molar-refractivity contribution in [1.82, 2.24) is 42.0 Å². The standard InChI is InChI=1S/3C17H16ClFN4O3S2/c3*1-2-3-7-23-15(16(24)21-11-4-5-13(19)12(18)9-11)10-14(22-28(23,25)26)17-20-6-8-27-17/h3*1,4-6,8-9,14-15,22H,3,7,10H2,(H,21,24)/t2*14-,15+;/m10./s1. The molecular formula is C51H48Cl3F3N12O9S6. The molecule has 3 fully saturated rings. The van der Waals surface area contributed by atoms with E-state index in [0.717, 1.165) is 31.1 Å². The average Bonchev–Trinajstić information content (AvgIpc) is 3.72. The van der Waals surface area contributed by atoms with Gasteiger partial charge in [-0.05, 0) is 73.9 Å². The van der Waals surface area contributed by atoms with Gasteiger partial charge in [0.1, 0.15) is 50.6 Å². The molecule has 84 heavy (non-hydrogen) atoms. The van der Waals surface area contributed by atoms with Gasteiger partial charge in [-0.25, -0.2) is 28.1 Å². The number of aromatic nitrogens is 3. The average molecular weight is 1330 g/mol. The zero-order valence-electron chi connectivity index (χ0n) is 43.3. The van der Waals surface area contributed by atoms with E-state index in [1.165, 1.54) is 70.4 Å². The molecule has 3 saturated heterocycles. The number of carbonyl (C=O) groups is 3. The van der Waals surface area contributed by atoms with Crippen LogP contribution in [0.1, 0.15) is 71.7 Å². The van der Waals surface area contributed by atoms with Crippen molar-refractivity contribution in [3.05, 3.63) is 137 Å². The Morgan fingerprint density at radius 3 is 0.988 bits per heavy atom. The summed E-state index contributed by atoms with van der Waals surface area (Å²) in [5.41, 5.74) is 0.778. The quantitative estimate of drug-likeness (QED) is 0.0542. The summed E-state index contributed by atoms with van der Waals surface area (Å²) >= 11 is 21.1. The number of nitrogens with one attached hydrogen (secondary N) is 6. The first-order valence-electron chi connectivity index (χ1n) is 24.6. The molecule has 6 atom stereocenters. The van der Waals surface area contributed by atoms with E-state index in [9.17, 15) is 52.8 Å². The van der Waals surface area contributed by atoms with Gasteiger partial charge in [0.25, 0.3) is 30.6 Å². The van der Waals surface area contributed by atoms with Gasteiger partial charge in [0.15, 0.2) is 0 Å². The summed E-state index contributed by atoms with van der Waals surface area (Å²) in [5.74, 6) is 3.58. The molecule has 3 aromatic heterocycles. The zero-order chi connectivity index (χ0) is 60.9. The Labute approximate surface area is 509 Å². The largest absolute Gasteiger partial charge is 0.325 e. The predicted octanol–water partition coefficient (Wildman–Crippen LogP) is 7.64. The molecule has 0 bridgehead atoms.